The van der Waals surface area contributed by atoms with Crippen LogP contribution in [0.3, 0.4) is 0 Å². The number of methoxy groups -OCH3 is 2. The van der Waals surface area contributed by atoms with Gasteiger partial charge in [-0.2, -0.15) is 0 Å². The Morgan fingerprint density at radius 3 is 2.11 bits per heavy atom. The Morgan fingerprint density at radius 2 is 1.59 bits per heavy atom. The average Bonchev–Trinajstić information content (AvgIpc) is 2.65. The molecule has 7 heteroatoms. The van der Waals surface area contributed by atoms with E-state index in [2.05, 4.69) is 24.5 Å². The number of carbonyl (C=O) groups is 1. The van der Waals surface area contributed by atoms with Crippen LogP contribution in [0.15, 0.2) is 42.5 Å². The van der Waals surface area contributed by atoms with Crippen molar-refractivity contribution in [2.75, 3.05) is 32.7 Å². The largest absolute Gasteiger partial charge is 0.496 e. The number of hydrogen-bond acceptors (Lipinski definition) is 5. The van der Waals surface area contributed by atoms with Crippen molar-refractivity contribution >= 4 is 24.0 Å². The van der Waals surface area contributed by atoms with Gasteiger partial charge in [-0.15, -0.1) is 12.4 Å². The average molecular weight is 395 g/mol. The van der Waals surface area contributed by atoms with Gasteiger partial charge in [-0.3, -0.25) is 4.79 Å². The summed E-state index contributed by atoms with van der Waals surface area (Å²) < 4.78 is 16.2. The summed E-state index contributed by atoms with van der Waals surface area (Å²) in [5.41, 5.74) is 1.02. The van der Waals surface area contributed by atoms with E-state index in [1.807, 2.05) is 12.1 Å². The minimum atomic E-state index is -0.297. The molecule has 0 aliphatic heterocycles. The molecule has 0 atom stereocenters. The van der Waals surface area contributed by atoms with E-state index in [9.17, 15) is 4.79 Å². The van der Waals surface area contributed by atoms with Crippen molar-refractivity contribution < 1.29 is 19.0 Å². The number of ether oxygens (including phenoxy) is 3. The molecule has 0 spiro atoms. The normalized spacial score (nSPS) is 10.1. The molecule has 2 aromatic rings. The number of anilines is 1. The Hall–Kier alpha value is -2.44. The molecule has 0 aliphatic rings. The molecular formula is C20H27ClN2O4. The molecule has 2 rings (SSSR count). The van der Waals surface area contributed by atoms with Crippen molar-refractivity contribution in [3.63, 3.8) is 0 Å². The van der Waals surface area contributed by atoms with E-state index < -0.39 is 0 Å². The van der Waals surface area contributed by atoms with Gasteiger partial charge in [-0.05, 0) is 36.4 Å². The number of benzene rings is 2. The molecule has 0 heterocycles. The molecule has 0 radical (unpaired) electrons. The van der Waals surface area contributed by atoms with Gasteiger partial charge in [-0.1, -0.05) is 19.9 Å². The first-order valence-corrected chi connectivity index (χ1v) is 8.53. The molecule has 0 fully saturated rings. The highest BCUT2D eigenvalue weighted by molar-refractivity contribution is 6.08. The molecule has 2 aromatic carbocycles. The Labute approximate surface area is 166 Å². The minimum absolute atomic E-state index is 0. The third kappa shape index (κ3) is 6.66. The molecule has 148 valence electrons. The highest BCUT2D eigenvalue weighted by atomic mass is 35.5. The van der Waals surface area contributed by atoms with Crippen LogP contribution in [0.1, 0.15) is 24.2 Å². The summed E-state index contributed by atoms with van der Waals surface area (Å²) in [6, 6.07) is 12.9. The van der Waals surface area contributed by atoms with Crippen LogP contribution in [0.4, 0.5) is 5.69 Å². The van der Waals surface area contributed by atoms with Crippen molar-refractivity contribution in [3.8, 4) is 17.2 Å². The second-order valence-electron chi connectivity index (χ2n) is 5.97. The van der Waals surface area contributed by atoms with E-state index in [4.69, 9.17) is 14.2 Å². The summed E-state index contributed by atoms with van der Waals surface area (Å²) in [6.07, 6.45) is 0. The molecular weight excluding hydrogens is 368 g/mol. The Balaban J connectivity index is 0.00000364. The first-order chi connectivity index (χ1) is 12.5. The predicted molar refractivity (Wildman–Crippen MR) is 110 cm³/mol. The monoisotopic (exact) mass is 394 g/mol. The number of carbonyl (C=O) groups excluding carboxylic acids is 1. The van der Waals surface area contributed by atoms with Crippen LogP contribution >= 0.6 is 12.4 Å². The number of halogens is 1. The topological polar surface area (TPSA) is 68.8 Å². The minimum Gasteiger partial charge on any atom is -0.496 e. The van der Waals surface area contributed by atoms with Crippen LogP contribution < -0.4 is 24.8 Å². The number of hydrogen-bond donors (Lipinski definition) is 2. The molecule has 0 saturated carbocycles. The van der Waals surface area contributed by atoms with E-state index in [-0.39, 0.29) is 18.3 Å². The van der Waals surface area contributed by atoms with Crippen LogP contribution in [0.2, 0.25) is 0 Å². The van der Waals surface area contributed by atoms with E-state index in [0.29, 0.717) is 35.4 Å². The van der Waals surface area contributed by atoms with E-state index in [1.54, 1.807) is 30.3 Å². The lowest BCUT2D eigenvalue weighted by atomic mass is 10.1. The van der Waals surface area contributed by atoms with Gasteiger partial charge < -0.3 is 24.8 Å². The fraction of sp³-hybridized carbons (Fsp3) is 0.350. The Bertz CT molecular complexity index is 698. The van der Waals surface area contributed by atoms with Gasteiger partial charge in [0.25, 0.3) is 5.91 Å². The summed E-state index contributed by atoms with van der Waals surface area (Å²) in [5.74, 6) is 1.37. The van der Waals surface area contributed by atoms with Gasteiger partial charge in [0.1, 0.15) is 29.4 Å². The van der Waals surface area contributed by atoms with Crippen molar-refractivity contribution in [2.45, 2.75) is 19.9 Å². The zero-order valence-electron chi connectivity index (χ0n) is 16.1. The molecule has 0 aliphatic carbocycles. The fourth-order valence-corrected chi connectivity index (χ4v) is 2.42. The van der Waals surface area contributed by atoms with E-state index >= 15 is 0 Å². The smallest absolute Gasteiger partial charge is 0.263 e. The molecule has 2 N–H and O–H groups in total. The molecule has 0 aromatic heterocycles. The summed E-state index contributed by atoms with van der Waals surface area (Å²) in [7, 11) is 3.04. The third-order valence-corrected chi connectivity index (χ3v) is 3.69. The highest BCUT2D eigenvalue weighted by Crippen LogP contribution is 2.29. The Morgan fingerprint density at radius 1 is 1.00 bits per heavy atom. The first-order valence-electron chi connectivity index (χ1n) is 8.53. The standard InChI is InChI=1S/C20H26N2O4.ClH/c1-14(2)21-12-13-26-16-10-8-15(9-11-16)22-20(23)19-17(24-3)6-5-7-18(19)25-4;/h5-11,14,21H,12-13H2,1-4H3,(H,22,23);1H. The first kappa shape index (κ1) is 22.6. The summed E-state index contributed by atoms with van der Waals surface area (Å²) in [4.78, 5) is 12.6. The fourth-order valence-electron chi connectivity index (χ4n) is 2.42. The van der Waals surface area contributed by atoms with Crippen molar-refractivity contribution in [1.82, 2.24) is 5.32 Å². The van der Waals surface area contributed by atoms with Gasteiger partial charge in [0, 0.05) is 18.3 Å². The second-order valence-corrected chi connectivity index (χ2v) is 5.97. The molecule has 1 amide bonds. The van der Waals surface area contributed by atoms with Crippen LogP contribution in [0.25, 0.3) is 0 Å². The molecule has 0 unspecified atom stereocenters. The van der Waals surface area contributed by atoms with Crippen LogP contribution in [0, 0.1) is 0 Å². The summed E-state index contributed by atoms with van der Waals surface area (Å²) in [5, 5.41) is 6.14. The van der Waals surface area contributed by atoms with Gasteiger partial charge in [0.15, 0.2) is 0 Å². The Kier molecular flexibility index (Phi) is 9.47. The van der Waals surface area contributed by atoms with Gasteiger partial charge in [-0.25, -0.2) is 0 Å². The molecule has 6 nitrogen and oxygen atoms in total. The van der Waals surface area contributed by atoms with Crippen molar-refractivity contribution in [1.29, 1.82) is 0 Å². The van der Waals surface area contributed by atoms with E-state index in [0.717, 1.165) is 12.3 Å². The number of nitrogens with one attached hydrogen (secondary N) is 2. The molecule has 0 bridgehead atoms. The van der Waals surface area contributed by atoms with Crippen LogP contribution in [-0.2, 0) is 0 Å². The molecule has 0 saturated heterocycles. The zero-order chi connectivity index (χ0) is 18.9. The quantitative estimate of drug-likeness (QED) is 0.634. The summed E-state index contributed by atoms with van der Waals surface area (Å²) >= 11 is 0. The highest BCUT2D eigenvalue weighted by Gasteiger charge is 2.18. The van der Waals surface area contributed by atoms with Gasteiger partial charge in [0.05, 0.1) is 14.2 Å². The van der Waals surface area contributed by atoms with Crippen LogP contribution in [-0.4, -0.2) is 39.3 Å². The SMILES string of the molecule is COc1cccc(OC)c1C(=O)Nc1ccc(OCCNC(C)C)cc1.Cl. The maximum atomic E-state index is 12.6. The lowest BCUT2D eigenvalue weighted by Crippen LogP contribution is -2.27. The van der Waals surface area contributed by atoms with Gasteiger partial charge >= 0.3 is 0 Å². The number of rotatable bonds is 9. The van der Waals surface area contributed by atoms with Crippen LogP contribution in [0.5, 0.6) is 17.2 Å². The zero-order valence-corrected chi connectivity index (χ0v) is 16.9. The lowest BCUT2D eigenvalue weighted by Gasteiger charge is -2.13. The van der Waals surface area contributed by atoms with Gasteiger partial charge in [0.2, 0.25) is 0 Å². The molecule has 27 heavy (non-hydrogen) atoms. The van der Waals surface area contributed by atoms with Crippen molar-refractivity contribution in [3.05, 3.63) is 48.0 Å². The third-order valence-electron chi connectivity index (χ3n) is 3.69. The predicted octanol–water partition coefficient (Wildman–Crippen LogP) is 3.75. The van der Waals surface area contributed by atoms with Crippen molar-refractivity contribution in [2.24, 2.45) is 0 Å². The second kappa shape index (κ2) is 11.3. The van der Waals surface area contributed by atoms with E-state index in [1.165, 1.54) is 14.2 Å². The maximum absolute atomic E-state index is 12.6. The number of amides is 1. The summed E-state index contributed by atoms with van der Waals surface area (Å²) in [6.45, 7) is 5.55. The maximum Gasteiger partial charge on any atom is 0.263 e. The lowest BCUT2D eigenvalue weighted by molar-refractivity contribution is 0.102.